The highest BCUT2D eigenvalue weighted by atomic mass is 16.5. The quantitative estimate of drug-likeness (QED) is 0.822. The second-order valence-electron chi connectivity index (χ2n) is 3.68. The molecule has 18 heavy (non-hydrogen) atoms. The lowest BCUT2D eigenvalue weighted by Crippen LogP contribution is -2.30. The zero-order chi connectivity index (χ0) is 13.0. The Morgan fingerprint density at radius 2 is 2.11 bits per heavy atom. The molecule has 0 spiro atoms. The van der Waals surface area contributed by atoms with Crippen molar-refractivity contribution in [3.8, 4) is 0 Å². The van der Waals surface area contributed by atoms with Crippen LogP contribution in [0.1, 0.15) is 10.4 Å². The summed E-state index contributed by atoms with van der Waals surface area (Å²) in [6, 6.07) is 9.23. The first-order chi connectivity index (χ1) is 8.70. The van der Waals surface area contributed by atoms with Crippen molar-refractivity contribution in [1.82, 2.24) is 10.3 Å². The number of para-hydroxylation sites is 1. The fraction of sp³-hybridized carbons (Fsp3) is 0.154. The first-order valence-corrected chi connectivity index (χ1v) is 5.40. The van der Waals surface area contributed by atoms with Crippen molar-refractivity contribution in [1.29, 1.82) is 0 Å². The molecule has 0 aliphatic carbocycles. The van der Waals surface area contributed by atoms with E-state index in [1.54, 1.807) is 6.07 Å². The molecule has 0 atom stereocenters. The number of methoxy groups -OCH3 is 1. The molecule has 1 amide bonds. The smallest absolute Gasteiger partial charge is 0.325 e. The Morgan fingerprint density at radius 3 is 2.89 bits per heavy atom. The van der Waals surface area contributed by atoms with Gasteiger partial charge in [-0.05, 0) is 12.1 Å². The number of pyridine rings is 1. The van der Waals surface area contributed by atoms with Crippen molar-refractivity contribution < 1.29 is 14.3 Å². The third-order valence-electron chi connectivity index (χ3n) is 2.47. The highest BCUT2D eigenvalue weighted by Crippen LogP contribution is 2.12. The number of benzene rings is 1. The van der Waals surface area contributed by atoms with Gasteiger partial charge in [-0.1, -0.05) is 18.2 Å². The van der Waals surface area contributed by atoms with Crippen LogP contribution in [0.15, 0.2) is 36.5 Å². The van der Waals surface area contributed by atoms with Crippen molar-refractivity contribution in [2.45, 2.75) is 0 Å². The van der Waals surface area contributed by atoms with Crippen molar-refractivity contribution in [3.63, 3.8) is 0 Å². The molecule has 5 heteroatoms. The summed E-state index contributed by atoms with van der Waals surface area (Å²) in [5.41, 5.74) is 1.24. The largest absolute Gasteiger partial charge is 0.468 e. The Kier molecular flexibility index (Phi) is 3.52. The molecule has 0 saturated carbocycles. The number of hydrogen-bond acceptors (Lipinski definition) is 4. The molecule has 1 N–H and O–H groups in total. The van der Waals surface area contributed by atoms with Crippen LogP contribution in [0.2, 0.25) is 0 Å². The lowest BCUT2D eigenvalue weighted by atomic mass is 10.1. The predicted octanol–water partition coefficient (Wildman–Crippen LogP) is 1.14. The minimum atomic E-state index is -0.489. The molecule has 0 fully saturated rings. The Morgan fingerprint density at radius 1 is 1.33 bits per heavy atom. The molecular formula is C13H12N2O3. The van der Waals surface area contributed by atoms with E-state index in [1.807, 2.05) is 24.3 Å². The van der Waals surface area contributed by atoms with Gasteiger partial charge < -0.3 is 10.1 Å². The first-order valence-electron chi connectivity index (χ1n) is 5.40. The predicted molar refractivity (Wildman–Crippen MR) is 66.1 cm³/mol. The van der Waals surface area contributed by atoms with Gasteiger partial charge in [0.2, 0.25) is 0 Å². The minimum Gasteiger partial charge on any atom is -0.468 e. The number of nitrogens with zero attached hydrogens (tertiary/aromatic N) is 1. The Labute approximate surface area is 104 Å². The molecule has 0 bridgehead atoms. The van der Waals surface area contributed by atoms with E-state index >= 15 is 0 Å². The third-order valence-corrected chi connectivity index (χ3v) is 2.47. The summed E-state index contributed by atoms with van der Waals surface area (Å²) in [5.74, 6) is -0.837. The van der Waals surface area contributed by atoms with Crippen LogP contribution in [0.3, 0.4) is 0 Å². The average molecular weight is 244 g/mol. The monoisotopic (exact) mass is 244 g/mol. The number of amides is 1. The number of rotatable bonds is 3. The Hall–Kier alpha value is -2.43. The maximum absolute atomic E-state index is 11.7. The van der Waals surface area contributed by atoms with E-state index in [-0.39, 0.29) is 12.5 Å². The molecule has 0 saturated heterocycles. The van der Waals surface area contributed by atoms with Crippen molar-refractivity contribution in [2.75, 3.05) is 13.7 Å². The van der Waals surface area contributed by atoms with Gasteiger partial charge in [-0.2, -0.15) is 0 Å². The number of aromatic nitrogens is 1. The molecule has 2 aromatic rings. The molecule has 1 heterocycles. The first kappa shape index (κ1) is 12.0. The van der Waals surface area contributed by atoms with E-state index in [2.05, 4.69) is 15.0 Å². The summed E-state index contributed by atoms with van der Waals surface area (Å²) in [6.45, 7) is -0.151. The van der Waals surface area contributed by atoms with Crippen LogP contribution in [-0.2, 0) is 9.53 Å². The number of nitrogens with one attached hydrogen (secondary N) is 1. The van der Waals surface area contributed by atoms with Gasteiger partial charge in [0.1, 0.15) is 6.54 Å². The molecule has 5 nitrogen and oxygen atoms in total. The number of carbonyl (C=O) groups excluding carboxylic acids is 2. The lowest BCUT2D eigenvalue weighted by molar-refractivity contribution is -0.139. The second kappa shape index (κ2) is 5.27. The van der Waals surface area contributed by atoms with Crippen molar-refractivity contribution in [3.05, 3.63) is 42.1 Å². The molecule has 92 valence electrons. The number of carbonyl (C=O) groups is 2. The van der Waals surface area contributed by atoms with Gasteiger partial charge in [0, 0.05) is 11.6 Å². The highest BCUT2D eigenvalue weighted by molar-refractivity contribution is 5.98. The van der Waals surface area contributed by atoms with E-state index in [0.717, 1.165) is 10.9 Å². The van der Waals surface area contributed by atoms with Crippen LogP contribution in [0.25, 0.3) is 10.9 Å². The Balaban J connectivity index is 2.15. The topological polar surface area (TPSA) is 68.3 Å². The van der Waals surface area contributed by atoms with E-state index in [0.29, 0.717) is 5.56 Å². The van der Waals surface area contributed by atoms with Crippen LogP contribution in [0.5, 0.6) is 0 Å². The summed E-state index contributed by atoms with van der Waals surface area (Å²) in [5, 5.41) is 3.34. The number of fused-ring (bicyclic) bond motifs is 1. The van der Waals surface area contributed by atoms with Gasteiger partial charge in [0.05, 0.1) is 18.2 Å². The van der Waals surface area contributed by atoms with Gasteiger partial charge in [-0.15, -0.1) is 0 Å². The zero-order valence-electron chi connectivity index (χ0n) is 9.84. The summed E-state index contributed by atoms with van der Waals surface area (Å²) >= 11 is 0. The molecule has 0 unspecified atom stereocenters. The number of ether oxygens (including phenoxy) is 1. The third kappa shape index (κ3) is 2.63. The highest BCUT2D eigenvalue weighted by Gasteiger charge is 2.08. The minimum absolute atomic E-state index is 0.151. The van der Waals surface area contributed by atoms with Gasteiger partial charge in [-0.25, -0.2) is 0 Å². The van der Waals surface area contributed by atoms with Gasteiger partial charge in [0.25, 0.3) is 5.91 Å². The fourth-order valence-corrected chi connectivity index (χ4v) is 1.52. The lowest BCUT2D eigenvalue weighted by Gasteiger charge is -2.04. The zero-order valence-corrected chi connectivity index (χ0v) is 9.84. The van der Waals surface area contributed by atoms with Gasteiger partial charge in [0.15, 0.2) is 0 Å². The molecule has 1 aromatic carbocycles. The average Bonchev–Trinajstić information content (AvgIpc) is 2.43. The van der Waals surface area contributed by atoms with Crippen LogP contribution in [0, 0.1) is 0 Å². The van der Waals surface area contributed by atoms with E-state index in [1.165, 1.54) is 13.3 Å². The van der Waals surface area contributed by atoms with Crippen LogP contribution in [0.4, 0.5) is 0 Å². The SMILES string of the molecule is COC(=O)CNC(=O)c1cnc2ccccc2c1. The standard InChI is InChI=1S/C13H12N2O3/c1-18-12(16)8-15-13(17)10-6-9-4-2-3-5-11(9)14-7-10/h2-7H,8H2,1H3,(H,15,17). The summed E-state index contributed by atoms with van der Waals surface area (Å²) in [6.07, 6.45) is 1.48. The summed E-state index contributed by atoms with van der Waals surface area (Å²) in [7, 11) is 1.27. The van der Waals surface area contributed by atoms with Crippen LogP contribution in [-0.4, -0.2) is 30.5 Å². The Bertz CT molecular complexity index is 596. The fourth-order valence-electron chi connectivity index (χ4n) is 1.52. The molecule has 0 aliphatic rings. The molecular weight excluding hydrogens is 232 g/mol. The van der Waals surface area contributed by atoms with E-state index in [4.69, 9.17) is 0 Å². The van der Waals surface area contributed by atoms with Gasteiger partial charge >= 0.3 is 5.97 Å². The van der Waals surface area contributed by atoms with Crippen LogP contribution < -0.4 is 5.32 Å². The summed E-state index contributed by atoms with van der Waals surface area (Å²) in [4.78, 5) is 26.8. The maximum atomic E-state index is 11.7. The normalized spacial score (nSPS) is 10.1. The maximum Gasteiger partial charge on any atom is 0.325 e. The van der Waals surface area contributed by atoms with Crippen LogP contribution >= 0.6 is 0 Å². The summed E-state index contributed by atoms with van der Waals surface area (Å²) < 4.78 is 4.44. The second-order valence-corrected chi connectivity index (χ2v) is 3.68. The van der Waals surface area contributed by atoms with Crippen molar-refractivity contribution in [2.24, 2.45) is 0 Å². The molecule has 0 aliphatic heterocycles. The number of hydrogen-bond donors (Lipinski definition) is 1. The number of esters is 1. The van der Waals surface area contributed by atoms with Crippen molar-refractivity contribution >= 4 is 22.8 Å². The molecule has 2 rings (SSSR count). The molecule has 1 aromatic heterocycles. The van der Waals surface area contributed by atoms with E-state index in [9.17, 15) is 9.59 Å². The van der Waals surface area contributed by atoms with E-state index < -0.39 is 5.97 Å². The van der Waals surface area contributed by atoms with Gasteiger partial charge in [-0.3, -0.25) is 14.6 Å². The molecule has 0 radical (unpaired) electrons.